The molecule has 1 aromatic rings. The highest BCUT2D eigenvalue weighted by molar-refractivity contribution is 7.90. The minimum atomic E-state index is -2.97. The number of hydrogen-bond acceptors (Lipinski definition) is 5. The molecule has 0 bridgehead atoms. The molecule has 2 N–H and O–H groups in total. The van der Waals surface area contributed by atoms with Gasteiger partial charge in [-0.1, -0.05) is 18.2 Å². The Labute approximate surface area is 144 Å². The van der Waals surface area contributed by atoms with Gasteiger partial charge in [0.2, 0.25) is 0 Å². The summed E-state index contributed by atoms with van der Waals surface area (Å²) in [4.78, 5) is 4.14. The Morgan fingerprint density at radius 3 is 2.62 bits per heavy atom. The van der Waals surface area contributed by atoms with E-state index in [2.05, 4.69) is 15.6 Å². The lowest BCUT2D eigenvalue weighted by atomic mass is 10.2. The molecule has 0 saturated heterocycles. The van der Waals surface area contributed by atoms with Gasteiger partial charge in [0.1, 0.15) is 15.6 Å². The Bertz CT molecular complexity index is 618. The van der Waals surface area contributed by atoms with E-state index in [1.54, 1.807) is 7.05 Å². The summed E-state index contributed by atoms with van der Waals surface area (Å²) in [6.07, 6.45) is 1.19. The van der Waals surface area contributed by atoms with Crippen LogP contribution < -0.4 is 15.4 Å². The fourth-order valence-electron chi connectivity index (χ4n) is 1.90. The second-order valence-corrected chi connectivity index (χ2v) is 7.40. The van der Waals surface area contributed by atoms with Gasteiger partial charge in [0.25, 0.3) is 0 Å². The van der Waals surface area contributed by atoms with E-state index in [-0.39, 0.29) is 12.4 Å². The van der Waals surface area contributed by atoms with Gasteiger partial charge in [0, 0.05) is 32.0 Å². The molecular formula is C16H27N3O4S. The Kier molecular flexibility index (Phi) is 9.18. The molecule has 0 unspecified atom stereocenters. The van der Waals surface area contributed by atoms with E-state index in [4.69, 9.17) is 9.47 Å². The summed E-state index contributed by atoms with van der Waals surface area (Å²) in [6, 6.07) is 7.84. The number of benzene rings is 1. The monoisotopic (exact) mass is 357 g/mol. The first-order valence-corrected chi connectivity index (χ1v) is 9.93. The Morgan fingerprint density at radius 1 is 1.21 bits per heavy atom. The molecule has 0 spiro atoms. The maximum atomic E-state index is 11.0. The first kappa shape index (κ1) is 20.2. The predicted octanol–water partition coefficient (Wildman–Crippen LogP) is 0.812. The number of nitrogens with zero attached hydrogens (tertiary/aromatic N) is 1. The molecule has 0 radical (unpaired) electrons. The third kappa shape index (κ3) is 8.73. The summed E-state index contributed by atoms with van der Waals surface area (Å²) in [6.45, 7) is 4.31. The van der Waals surface area contributed by atoms with E-state index in [1.807, 2.05) is 31.2 Å². The SMILES string of the molecule is CCOc1ccccc1CNC(=NC)NCCOCCS(C)(=O)=O. The molecule has 0 aromatic heterocycles. The largest absolute Gasteiger partial charge is 0.494 e. The highest BCUT2D eigenvalue weighted by atomic mass is 32.2. The highest BCUT2D eigenvalue weighted by Gasteiger charge is 2.04. The third-order valence-corrected chi connectivity index (χ3v) is 3.99. The minimum Gasteiger partial charge on any atom is -0.494 e. The summed E-state index contributed by atoms with van der Waals surface area (Å²) in [5.41, 5.74) is 1.05. The molecular weight excluding hydrogens is 330 g/mol. The number of hydrogen-bond donors (Lipinski definition) is 2. The van der Waals surface area contributed by atoms with Crippen molar-refractivity contribution in [2.75, 3.05) is 45.4 Å². The van der Waals surface area contributed by atoms with Crippen LogP contribution in [-0.4, -0.2) is 59.8 Å². The standard InChI is InChI=1S/C16H27N3O4S/c1-4-23-15-8-6-5-7-14(15)13-19-16(17-2)18-9-10-22-11-12-24(3,20)21/h5-8H,4,9-13H2,1-3H3,(H2,17,18,19). The van der Waals surface area contributed by atoms with Gasteiger partial charge in [-0.05, 0) is 13.0 Å². The van der Waals surface area contributed by atoms with Crippen LogP contribution in [0.4, 0.5) is 0 Å². The maximum Gasteiger partial charge on any atom is 0.191 e. The van der Waals surface area contributed by atoms with E-state index < -0.39 is 9.84 Å². The predicted molar refractivity (Wildman–Crippen MR) is 96.3 cm³/mol. The van der Waals surface area contributed by atoms with Gasteiger partial charge in [0.15, 0.2) is 5.96 Å². The second kappa shape index (κ2) is 10.9. The summed E-state index contributed by atoms with van der Waals surface area (Å²) >= 11 is 0. The first-order chi connectivity index (χ1) is 11.5. The number of nitrogens with one attached hydrogen (secondary N) is 2. The summed E-state index contributed by atoms with van der Waals surface area (Å²) < 4.78 is 32.8. The van der Waals surface area contributed by atoms with Gasteiger partial charge in [-0.3, -0.25) is 4.99 Å². The van der Waals surface area contributed by atoms with Crippen LogP contribution in [0.15, 0.2) is 29.3 Å². The fourth-order valence-corrected chi connectivity index (χ4v) is 2.32. The van der Waals surface area contributed by atoms with Crippen molar-refractivity contribution >= 4 is 15.8 Å². The lowest BCUT2D eigenvalue weighted by Gasteiger charge is -2.14. The lowest BCUT2D eigenvalue weighted by Crippen LogP contribution is -2.38. The van der Waals surface area contributed by atoms with Crippen molar-refractivity contribution in [3.8, 4) is 5.75 Å². The van der Waals surface area contributed by atoms with E-state index >= 15 is 0 Å². The van der Waals surface area contributed by atoms with E-state index in [9.17, 15) is 8.42 Å². The molecule has 0 aliphatic heterocycles. The van der Waals surface area contributed by atoms with Crippen molar-refractivity contribution in [1.29, 1.82) is 0 Å². The molecule has 0 fully saturated rings. The molecule has 1 aromatic carbocycles. The molecule has 136 valence electrons. The first-order valence-electron chi connectivity index (χ1n) is 7.87. The maximum absolute atomic E-state index is 11.0. The van der Waals surface area contributed by atoms with Crippen LogP contribution in [0.1, 0.15) is 12.5 Å². The van der Waals surface area contributed by atoms with Crippen molar-refractivity contribution in [3.63, 3.8) is 0 Å². The topological polar surface area (TPSA) is 89.0 Å². The van der Waals surface area contributed by atoms with Crippen LogP contribution in [0, 0.1) is 0 Å². The normalized spacial score (nSPS) is 12.0. The zero-order chi connectivity index (χ0) is 17.8. The van der Waals surface area contributed by atoms with Gasteiger partial charge < -0.3 is 20.1 Å². The average molecular weight is 357 g/mol. The Morgan fingerprint density at radius 2 is 1.96 bits per heavy atom. The molecule has 1 rings (SSSR count). The van der Waals surface area contributed by atoms with Crippen molar-refractivity contribution < 1.29 is 17.9 Å². The van der Waals surface area contributed by atoms with Crippen molar-refractivity contribution in [3.05, 3.63) is 29.8 Å². The Balaban J connectivity index is 2.31. The minimum absolute atomic E-state index is 0.0359. The van der Waals surface area contributed by atoms with E-state index in [0.29, 0.717) is 32.3 Å². The van der Waals surface area contributed by atoms with Crippen LogP contribution in [-0.2, 0) is 21.1 Å². The molecule has 8 heteroatoms. The number of ether oxygens (including phenoxy) is 2. The van der Waals surface area contributed by atoms with Crippen molar-refractivity contribution in [2.24, 2.45) is 4.99 Å². The number of guanidine groups is 1. The van der Waals surface area contributed by atoms with Crippen molar-refractivity contribution in [1.82, 2.24) is 10.6 Å². The quantitative estimate of drug-likeness (QED) is 0.366. The molecule has 7 nitrogen and oxygen atoms in total. The van der Waals surface area contributed by atoms with Gasteiger partial charge in [-0.2, -0.15) is 0 Å². The van der Waals surface area contributed by atoms with Crippen LogP contribution in [0.5, 0.6) is 5.75 Å². The molecule has 0 heterocycles. The summed E-state index contributed by atoms with van der Waals surface area (Å²) in [5, 5.41) is 6.32. The van der Waals surface area contributed by atoms with Crippen LogP contribution >= 0.6 is 0 Å². The average Bonchev–Trinajstić information content (AvgIpc) is 2.54. The molecule has 0 aliphatic carbocycles. The molecule has 24 heavy (non-hydrogen) atoms. The number of para-hydroxylation sites is 1. The smallest absolute Gasteiger partial charge is 0.191 e. The number of rotatable bonds is 10. The number of sulfone groups is 1. The summed E-state index contributed by atoms with van der Waals surface area (Å²) in [7, 11) is -1.29. The Hall–Kier alpha value is -1.80. The lowest BCUT2D eigenvalue weighted by molar-refractivity contribution is 0.154. The molecule has 0 saturated carbocycles. The van der Waals surface area contributed by atoms with Gasteiger partial charge >= 0.3 is 0 Å². The third-order valence-electron chi connectivity index (χ3n) is 3.08. The summed E-state index contributed by atoms with van der Waals surface area (Å²) in [5.74, 6) is 1.54. The van der Waals surface area contributed by atoms with E-state index in [0.717, 1.165) is 11.3 Å². The zero-order valence-electron chi connectivity index (χ0n) is 14.5. The molecule has 0 aliphatic rings. The highest BCUT2D eigenvalue weighted by Crippen LogP contribution is 2.17. The van der Waals surface area contributed by atoms with Crippen LogP contribution in [0.3, 0.4) is 0 Å². The fraction of sp³-hybridized carbons (Fsp3) is 0.562. The zero-order valence-corrected chi connectivity index (χ0v) is 15.4. The van der Waals surface area contributed by atoms with Gasteiger partial charge in [-0.15, -0.1) is 0 Å². The molecule has 0 amide bonds. The van der Waals surface area contributed by atoms with Crippen LogP contribution in [0.25, 0.3) is 0 Å². The molecule has 0 atom stereocenters. The van der Waals surface area contributed by atoms with Crippen LogP contribution in [0.2, 0.25) is 0 Å². The van der Waals surface area contributed by atoms with Gasteiger partial charge in [0.05, 0.1) is 25.6 Å². The van der Waals surface area contributed by atoms with Crippen molar-refractivity contribution in [2.45, 2.75) is 13.5 Å². The van der Waals surface area contributed by atoms with Gasteiger partial charge in [-0.25, -0.2) is 8.42 Å². The van der Waals surface area contributed by atoms with E-state index in [1.165, 1.54) is 6.26 Å². The number of aliphatic imine (C=N–C) groups is 1. The second-order valence-electron chi connectivity index (χ2n) is 5.14.